The number of alkyl halides is 3. The number of allylic oxidation sites excluding steroid dienone is 1. The van der Waals surface area contributed by atoms with Crippen LogP contribution in [0.15, 0.2) is 42.5 Å². The molecule has 2 fully saturated rings. The Labute approximate surface area is 235 Å². The molecule has 0 atom stereocenters. The average Bonchev–Trinajstić information content (AvgIpc) is 2.97. The molecule has 0 spiro atoms. The van der Waals surface area contributed by atoms with Gasteiger partial charge in [-0.25, -0.2) is 4.98 Å². The zero-order valence-electron chi connectivity index (χ0n) is 23.6. The van der Waals surface area contributed by atoms with Crippen molar-refractivity contribution in [1.82, 2.24) is 15.2 Å². The zero-order valence-corrected chi connectivity index (χ0v) is 23.6. The number of nitrogens with one attached hydrogen (secondary N) is 1. The number of nitrogens with zero attached hydrogens (tertiary/aromatic N) is 2. The monoisotopic (exact) mass is 564 g/mol. The molecular formula is C30H43F3N4O3. The number of aldehydes is 1. The van der Waals surface area contributed by atoms with Crippen LogP contribution in [-0.2, 0) is 20.6 Å². The summed E-state index contributed by atoms with van der Waals surface area (Å²) in [6.07, 6.45) is 14.7. The van der Waals surface area contributed by atoms with Gasteiger partial charge in [-0.2, -0.15) is 13.2 Å². The number of halogens is 3. The zero-order chi connectivity index (χ0) is 29.8. The molecule has 2 amide bonds. The van der Waals surface area contributed by atoms with Crippen LogP contribution in [0.5, 0.6) is 0 Å². The molecule has 0 aliphatic heterocycles. The Morgan fingerprint density at radius 1 is 1.02 bits per heavy atom. The fourth-order valence-corrected chi connectivity index (χ4v) is 4.50. The minimum atomic E-state index is -4.46. The Morgan fingerprint density at radius 2 is 1.55 bits per heavy atom. The van der Waals surface area contributed by atoms with Gasteiger partial charge in [0.05, 0.1) is 5.52 Å². The van der Waals surface area contributed by atoms with Gasteiger partial charge in [-0.15, -0.1) is 0 Å². The molecular weight excluding hydrogens is 521 g/mol. The second kappa shape index (κ2) is 19.6. The Hall–Kier alpha value is -3.43. The first kappa shape index (κ1) is 34.6. The summed E-state index contributed by atoms with van der Waals surface area (Å²) in [6.45, 7) is 0.821. The SMILES string of the molecule is C1CCCCC1.CN(CC1CCCCC1)C(=O)/C=C\C=O.CNC=O.Nc1cc(C(F)(F)F)nc2ccccc12. The fraction of sp³-hybridized carbons (Fsp3) is 0.533. The van der Waals surface area contributed by atoms with Crippen LogP contribution in [0.1, 0.15) is 76.3 Å². The smallest absolute Gasteiger partial charge is 0.398 e. The van der Waals surface area contributed by atoms with E-state index in [1.165, 1.54) is 88.8 Å². The highest BCUT2D eigenvalue weighted by Crippen LogP contribution is 2.31. The van der Waals surface area contributed by atoms with Crippen molar-refractivity contribution in [3.05, 3.63) is 48.2 Å². The standard InChI is InChI=1S/C12H19NO2.C10H7F3N2.C6H12.C2H5NO/c1-13(12(15)8-5-9-14)10-11-6-3-2-4-7-11;11-10(12,13)9-5-7(14)6-3-1-2-4-8(6)15-9;1-2-4-6-5-3-1;1-3-2-4/h5,8-9,11H,2-4,6-7,10H2,1H3;1-5H,(H2,14,15);1-6H2;2H,1H3,(H,3,4)/b8-5-;;;. The van der Waals surface area contributed by atoms with Crippen LogP contribution in [0.25, 0.3) is 10.9 Å². The Bertz CT molecular complexity index is 1040. The third kappa shape index (κ3) is 14.1. The van der Waals surface area contributed by atoms with E-state index in [0.29, 0.717) is 24.0 Å². The minimum Gasteiger partial charge on any atom is -0.398 e. The molecule has 2 aliphatic rings. The van der Waals surface area contributed by atoms with Gasteiger partial charge in [0.2, 0.25) is 12.3 Å². The van der Waals surface area contributed by atoms with Crippen LogP contribution in [0.4, 0.5) is 18.9 Å². The van der Waals surface area contributed by atoms with E-state index >= 15 is 0 Å². The van der Waals surface area contributed by atoms with Crippen LogP contribution in [-0.4, -0.2) is 49.1 Å². The number of para-hydroxylation sites is 1. The predicted octanol–water partition coefficient (Wildman–Crippen LogP) is 6.32. The maximum absolute atomic E-state index is 12.4. The number of rotatable bonds is 5. The van der Waals surface area contributed by atoms with Crippen molar-refractivity contribution in [2.45, 2.75) is 76.8 Å². The van der Waals surface area contributed by atoms with Gasteiger partial charge in [-0.1, -0.05) is 76.0 Å². The molecule has 0 bridgehead atoms. The second-order valence-electron chi connectivity index (χ2n) is 9.86. The highest BCUT2D eigenvalue weighted by molar-refractivity contribution is 5.91. The highest BCUT2D eigenvalue weighted by atomic mass is 19.4. The van der Waals surface area contributed by atoms with Crippen molar-refractivity contribution in [2.75, 3.05) is 26.4 Å². The topological polar surface area (TPSA) is 105 Å². The normalized spacial score (nSPS) is 15.3. The largest absolute Gasteiger partial charge is 0.433 e. The number of aromatic nitrogens is 1. The number of carbonyl (C=O) groups excluding carboxylic acids is 3. The third-order valence-electron chi connectivity index (χ3n) is 6.61. The van der Waals surface area contributed by atoms with Crippen molar-refractivity contribution in [3.8, 4) is 0 Å². The van der Waals surface area contributed by atoms with E-state index in [9.17, 15) is 22.8 Å². The van der Waals surface area contributed by atoms with Crippen molar-refractivity contribution >= 4 is 35.2 Å². The van der Waals surface area contributed by atoms with E-state index < -0.39 is 11.9 Å². The van der Waals surface area contributed by atoms with Gasteiger partial charge in [-0.3, -0.25) is 14.4 Å². The molecule has 0 saturated heterocycles. The summed E-state index contributed by atoms with van der Waals surface area (Å²) in [5.41, 5.74) is 4.90. The van der Waals surface area contributed by atoms with E-state index in [0.717, 1.165) is 12.6 Å². The van der Waals surface area contributed by atoms with Gasteiger partial charge in [0.1, 0.15) is 12.0 Å². The first-order chi connectivity index (χ1) is 19.1. The quantitative estimate of drug-likeness (QED) is 0.327. The Kier molecular flexibility index (Phi) is 17.0. The number of hydrogen-bond donors (Lipinski definition) is 2. The van der Waals surface area contributed by atoms with Gasteiger partial charge in [0, 0.05) is 37.8 Å². The molecule has 2 saturated carbocycles. The summed E-state index contributed by atoms with van der Waals surface area (Å²) < 4.78 is 37.1. The molecule has 2 aliphatic carbocycles. The fourth-order valence-electron chi connectivity index (χ4n) is 4.50. The van der Waals surface area contributed by atoms with E-state index in [1.807, 2.05) is 0 Å². The first-order valence-corrected chi connectivity index (χ1v) is 13.8. The summed E-state index contributed by atoms with van der Waals surface area (Å²) in [6, 6.07) is 7.31. The molecule has 7 nitrogen and oxygen atoms in total. The van der Waals surface area contributed by atoms with Gasteiger partial charge in [-0.05, 0) is 37.0 Å². The van der Waals surface area contributed by atoms with Crippen molar-refractivity contribution in [2.24, 2.45) is 5.92 Å². The molecule has 3 N–H and O–H groups in total. The van der Waals surface area contributed by atoms with Crippen molar-refractivity contribution in [1.29, 1.82) is 0 Å². The molecule has 1 heterocycles. The molecule has 40 heavy (non-hydrogen) atoms. The Balaban J connectivity index is 0.000000300. The van der Waals surface area contributed by atoms with Crippen LogP contribution in [0.2, 0.25) is 0 Å². The van der Waals surface area contributed by atoms with Crippen LogP contribution < -0.4 is 11.1 Å². The molecule has 10 heteroatoms. The van der Waals surface area contributed by atoms with E-state index in [-0.39, 0.29) is 17.1 Å². The number of likely N-dealkylation sites (N-methyl/N-ethyl adjacent to an activating group) is 1. The second-order valence-corrected chi connectivity index (χ2v) is 9.86. The maximum atomic E-state index is 12.4. The number of nitrogens with two attached hydrogens (primary N) is 1. The lowest BCUT2D eigenvalue weighted by Gasteiger charge is -2.26. The Morgan fingerprint density at radius 3 is 2.05 bits per heavy atom. The molecule has 1 aromatic heterocycles. The van der Waals surface area contributed by atoms with Crippen molar-refractivity contribution < 1.29 is 27.6 Å². The van der Waals surface area contributed by atoms with Crippen molar-refractivity contribution in [3.63, 3.8) is 0 Å². The van der Waals surface area contributed by atoms with Crippen LogP contribution in [0.3, 0.4) is 0 Å². The van der Waals surface area contributed by atoms with Gasteiger partial charge in [0.15, 0.2) is 0 Å². The summed E-state index contributed by atoms with van der Waals surface area (Å²) in [5.74, 6) is 0.574. The number of anilines is 1. The van der Waals surface area contributed by atoms with E-state index in [1.54, 1.807) is 37.2 Å². The van der Waals surface area contributed by atoms with Gasteiger partial charge < -0.3 is 16.0 Å². The summed E-state index contributed by atoms with van der Waals surface area (Å²) in [7, 11) is 3.36. The molecule has 1 aromatic carbocycles. The molecule has 2 aromatic rings. The number of amides is 2. The summed E-state index contributed by atoms with van der Waals surface area (Å²) in [5, 5.41) is 2.78. The molecule has 222 valence electrons. The number of nitrogen functional groups attached to an aromatic ring is 1. The lowest BCUT2D eigenvalue weighted by molar-refractivity contribution is -0.141. The lowest BCUT2D eigenvalue weighted by Crippen LogP contribution is -2.31. The molecule has 4 rings (SSSR count). The number of carbonyl (C=O) groups is 3. The highest BCUT2D eigenvalue weighted by Gasteiger charge is 2.33. The number of benzene rings is 1. The third-order valence-corrected chi connectivity index (χ3v) is 6.61. The number of pyridine rings is 1. The average molecular weight is 565 g/mol. The van der Waals surface area contributed by atoms with E-state index in [4.69, 9.17) is 10.5 Å². The maximum Gasteiger partial charge on any atom is 0.433 e. The van der Waals surface area contributed by atoms with Crippen LogP contribution in [0, 0.1) is 5.92 Å². The predicted molar refractivity (Wildman–Crippen MR) is 153 cm³/mol. The first-order valence-electron chi connectivity index (χ1n) is 13.8. The number of fused-ring (bicyclic) bond motifs is 1. The summed E-state index contributed by atoms with van der Waals surface area (Å²) in [4.78, 5) is 35.8. The molecule has 0 radical (unpaired) electrons. The number of hydrogen-bond acceptors (Lipinski definition) is 5. The lowest BCUT2D eigenvalue weighted by atomic mass is 9.89. The van der Waals surface area contributed by atoms with Gasteiger partial charge >= 0.3 is 6.18 Å². The van der Waals surface area contributed by atoms with E-state index in [2.05, 4.69) is 10.3 Å². The minimum absolute atomic E-state index is 0.0762. The van der Waals surface area contributed by atoms with Gasteiger partial charge in [0.25, 0.3) is 0 Å². The molecule has 0 unspecified atom stereocenters. The van der Waals surface area contributed by atoms with Crippen LogP contribution >= 0.6 is 0 Å². The summed E-state index contributed by atoms with van der Waals surface area (Å²) >= 11 is 0.